The van der Waals surface area contributed by atoms with E-state index in [0.717, 1.165) is 0 Å². The number of hydrogen-bond acceptors (Lipinski definition) is 6. The number of methoxy groups -OCH3 is 1. The Morgan fingerprint density at radius 1 is 1.10 bits per heavy atom. The molecule has 6 heteroatoms. The standard InChI is InChI=1S/C25H32O6/c1-11(2)15-16-13(26)10-14(30-9)17(19(27)12(3)4)20(16)31-22-18(15)21(28)24(5,6)23(29)25(22,7)8/h10-12,15,26H,1-9H3/t15-/m1/s1. The van der Waals surface area contributed by atoms with Gasteiger partial charge in [0.05, 0.1) is 17.9 Å². The Balaban J connectivity index is 2.45. The number of carbonyl (C=O) groups is 3. The number of phenols is 1. The number of fused-ring (bicyclic) bond motifs is 1. The zero-order valence-electron chi connectivity index (χ0n) is 19.8. The summed E-state index contributed by atoms with van der Waals surface area (Å²) in [5.41, 5.74) is -1.26. The van der Waals surface area contributed by atoms with E-state index >= 15 is 0 Å². The predicted octanol–water partition coefficient (Wildman–Crippen LogP) is 4.83. The number of rotatable bonds is 4. The minimum atomic E-state index is -1.21. The molecule has 1 N–H and O–H groups in total. The second-order valence-electron chi connectivity index (χ2n) is 10.2. The fraction of sp³-hybridized carbons (Fsp3) is 0.560. The smallest absolute Gasteiger partial charge is 0.175 e. The highest BCUT2D eigenvalue weighted by Crippen LogP contribution is 2.58. The highest BCUT2D eigenvalue weighted by molar-refractivity contribution is 6.20. The van der Waals surface area contributed by atoms with E-state index in [1.807, 2.05) is 13.8 Å². The first-order valence-electron chi connectivity index (χ1n) is 10.7. The molecular formula is C25H32O6. The summed E-state index contributed by atoms with van der Waals surface area (Å²) in [5.74, 6) is -1.17. The topological polar surface area (TPSA) is 89.9 Å². The summed E-state index contributed by atoms with van der Waals surface area (Å²) in [6.07, 6.45) is 0. The molecule has 168 valence electrons. The zero-order valence-corrected chi connectivity index (χ0v) is 19.8. The van der Waals surface area contributed by atoms with Crippen LogP contribution in [0.3, 0.4) is 0 Å². The van der Waals surface area contributed by atoms with Crippen LogP contribution in [0.4, 0.5) is 0 Å². The first-order valence-corrected chi connectivity index (χ1v) is 10.7. The fourth-order valence-corrected chi connectivity index (χ4v) is 4.87. The summed E-state index contributed by atoms with van der Waals surface area (Å²) >= 11 is 0. The van der Waals surface area contributed by atoms with E-state index in [-0.39, 0.29) is 57.8 Å². The Morgan fingerprint density at radius 2 is 1.68 bits per heavy atom. The largest absolute Gasteiger partial charge is 0.507 e. The van der Waals surface area contributed by atoms with Gasteiger partial charge in [-0.05, 0) is 33.6 Å². The summed E-state index contributed by atoms with van der Waals surface area (Å²) in [6, 6.07) is 1.41. The van der Waals surface area contributed by atoms with Gasteiger partial charge in [-0.2, -0.15) is 0 Å². The minimum absolute atomic E-state index is 0.0993. The average molecular weight is 429 g/mol. The number of Topliss-reactive ketones (excluding diaryl/α,β-unsaturated/α-hetero) is 3. The molecule has 1 aromatic rings. The molecular weight excluding hydrogens is 396 g/mol. The van der Waals surface area contributed by atoms with Crippen molar-refractivity contribution in [3.8, 4) is 17.2 Å². The van der Waals surface area contributed by atoms with Gasteiger partial charge in [0, 0.05) is 29.0 Å². The van der Waals surface area contributed by atoms with Crippen LogP contribution in [-0.2, 0) is 9.59 Å². The molecule has 6 nitrogen and oxygen atoms in total. The van der Waals surface area contributed by atoms with Crippen molar-refractivity contribution in [3.05, 3.63) is 28.5 Å². The summed E-state index contributed by atoms with van der Waals surface area (Å²) in [5, 5.41) is 10.9. The van der Waals surface area contributed by atoms with Crippen LogP contribution < -0.4 is 9.47 Å². The normalized spacial score (nSPS) is 21.7. The van der Waals surface area contributed by atoms with Gasteiger partial charge in [-0.25, -0.2) is 0 Å². The predicted molar refractivity (Wildman–Crippen MR) is 117 cm³/mol. The Bertz CT molecular complexity index is 1020. The Morgan fingerprint density at radius 3 is 2.16 bits per heavy atom. The summed E-state index contributed by atoms with van der Waals surface area (Å²) < 4.78 is 11.7. The maximum Gasteiger partial charge on any atom is 0.175 e. The van der Waals surface area contributed by atoms with E-state index in [9.17, 15) is 19.5 Å². The van der Waals surface area contributed by atoms with Gasteiger partial charge in [0.2, 0.25) is 0 Å². The maximum absolute atomic E-state index is 13.5. The molecule has 0 saturated heterocycles. The minimum Gasteiger partial charge on any atom is -0.507 e. The van der Waals surface area contributed by atoms with E-state index in [1.54, 1.807) is 41.5 Å². The summed E-state index contributed by atoms with van der Waals surface area (Å²) in [4.78, 5) is 39.9. The maximum atomic E-state index is 13.5. The number of aromatic hydroxyl groups is 1. The lowest BCUT2D eigenvalue weighted by atomic mass is 9.59. The number of ether oxygens (including phenoxy) is 2. The Kier molecular flexibility index (Phi) is 5.36. The molecule has 1 aliphatic heterocycles. The highest BCUT2D eigenvalue weighted by atomic mass is 16.5. The van der Waals surface area contributed by atoms with Gasteiger partial charge in [-0.3, -0.25) is 14.4 Å². The van der Waals surface area contributed by atoms with Gasteiger partial charge in [-0.1, -0.05) is 27.7 Å². The molecule has 3 rings (SSSR count). The first kappa shape index (κ1) is 23.0. The number of benzene rings is 1. The summed E-state index contributed by atoms with van der Waals surface area (Å²) in [7, 11) is 1.42. The quantitative estimate of drug-likeness (QED) is 0.546. The van der Waals surface area contributed by atoms with E-state index in [1.165, 1.54) is 13.2 Å². The van der Waals surface area contributed by atoms with Crippen molar-refractivity contribution in [3.63, 3.8) is 0 Å². The molecule has 0 fully saturated rings. The fourth-order valence-electron chi connectivity index (χ4n) is 4.87. The molecule has 0 unspecified atom stereocenters. The molecule has 0 saturated carbocycles. The second kappa shape index (κ2) is 7.21. The highest BCUT2D eigenvalue weighted by Gasteiger charge is 2.58. The summed E-state index contributed by atoms with van der Waals surface area (Å²) in [6.45, 7) is 14.2. The van der Waals surface area contributed by atoms with Gasteiger partial charge in [0.1, 0.15) is 28.6 Å². The second-order valence-corrected chi connectivity index (χ2v) is 10.2. The third-order valence-corrected chi connectivity index (χ3v) is 6.51. The molecule has 1 aromatic carbocycles. The Labute approximate surface area is 183 Å². The molecule has 31 heavy (non-hydrogen) atoms. The molecule has 0 spiro atoms. The van der Waals surface area contributed by atoms with Crippen molar-refractivity contribution in [2.75, 3.05) is 7.11 Å². The first-order chi connectivity index (χ1) is 14.2. The van der Waals surface area contributed by atoms with E-state index in [4.69, 9.17) is 9.47 Å². The molecule has 0 radical (unpaired) electrons. The van der Waals surface area contributed by atoms with Crippen LogP contribution in [0.1, 0.15) is 77.2 Å². The van der Waals surface area contributed by atoms with Crippen LogP contribution in [0.2, 0.25) is 0 Å². The van der Waals surface area contributed by atoms with Gasteiger partial charge >= 0.3 is 0 Å². The number of allylic oxidation sites excluding steroid dienone is 2. The van der Waals surface area contributed by atoms with Crippen molar-refractivity contribution in [1.29, 1.82) is 0 Å². The number of ketones is 3. The van der Waals surface area contributed by atoms with Crippen LogP contribution in [-0.4, -0.2) is 29.6 Å². The van der Waals surface area contributed by atoms with Crippen LogP contribution in [0.15, 0.2) is 17.4 Å². The number of carbonyl (C=O) groups excluding carboxylic acids is 3. The van der Waals surface area contributed by atoms with Crippen LogP contribution in [0.5, 0.6) is 17.2 Å². The van der Waals surface area contributed by atoms with Crippen LogP contribution >= 0.6 is 0 Å². The monoisotopic (exact) mass is 428 g/mol. The van der Waals surface area contributed by atoms with Crippen molar-refractivity contribution in [2.45, 2.75) is 61.3 Å². The number of hydrogen-bond donors (Lipinski definition) is 1. The van der Waals surface area contributed by atoms with E-state index < -0.39 is 16.7 Å². The van der Waals surface area contributed by atoms with Gasteiger partial charge < -0.3 is 14.6 Å². The third kappa shape index (κ3) is 3.10. The van der Waals surface area contributed by atoms with Crippen LogP contribution in [0, 0.1) is 22.7 Å². The van der Waals surface area contributed by atoms with Crippen molar-refractivity contribution in [1.82, 2.24) is 0 Å². The van der Waals surface area contributed by atoms with E-state index in [0.29, 0.717) is 11.1 Å². The lowest BCUT2D eigenvalue weighted by molar-refractivity contribution is -0.144. The molecule has 1 atom stereocenters. The van der Waals surface area contributed by atoms with E-state index in [2.05, 4.69) is 0 Å². The third-order valence-electron chi connectivity index (χ3n) is 6.51. The van der Waals surface area contributed by atoms with Crippen molar-refractivity contribution >= 4 is 17.3 Å². The zero-order chi connectivity index (χ0) is 23.6. The van der Waals surface area contributed by atoms with Gasteiger partial charge in [-0.15, -0.1) is 0 Å². The van der Waals surface area contributed by atoms with Gasteiger partial charge in [0.25, 0.3) is 0 Å². The average Bonchev–Trinajstić information content (AvgIpc) is 2.69. The van der Waals surface area contributed by atoms with Gasteiger partial charge in [0.15, 0.2) is 17.3 Å². The SMILES string of the molecule is COc1cc(O)c2c(c1C(=O)C(C)C)OC1=C(C(=O)C(C)(C)C(=O)C1(C)C)[C@@H]2C(C)C. The lowest BCUT2D eigenvalue weighted by Crippen LogP contribution is -2.52. The van der Waals surface area contributed by atoms with Crippen molar-refractivity contribution < 1.29 is 29.0 Å². The molecule has 0 aromatic heterocycles. The molecule has 0 bridgehead atoms. The molecule has 1 heterocycles. The molecule has 0 amide bonds. The Hall–Kier alpha value is -2.63. The number of phenolic OH excluding ortho intramolecular Hbond substituents is 1. The van der Waals surface area contributed by atoms with Crippen molar-refractivity contribution in [2.24, 2.45) is 22.7 Å². The van der Waals surface area contributed by atoms with Crippen LogP contribution in [0.25, 0.3) is 0 Å². The molecule has 2 aliphatic rings. The molecule has 1 aliphatic carbocycles. The lowest BCUT2D eigenvalue weighted by Gasteiger charge is -2.45.